The number of hydrogen-bond acceptors (Lipinski definition) is 4. The molecule has 3 aromatic rings. The number of likely N-dealkylation sites (tertiary alicyclic amines) is 1. The van der Waals surface area contributed by atoms with Gasteiger partial charge in [0, 0.05) is 37.9 Å². The fourth-order valence-electron chi connectivity index (χ4n) is 6.82. The molecule has 0 bridgehead atoms. The molecule has 5 heteroatoms. The Balaban J connectivity index is 1.13. The maximum atomic E-state index is 13.6. The Morgan fingerprint density at radius 2 is 1.76 bits per heavy atom. The Morgan fingerprint density at radius 3 is 2.52 bits per heavy atom. The Labute approximate surface area is 194 Å². The van der Waals surface area contributed by atoms with Gasteiger partial charge in [0.2, 0.25) is 0 Å². The predicted molar refractivity (Wildman–Crippen MR) is 128 cm³/mol. The lowest BCUT2D eigenvalue weighted by atomic mass is 9.83. The Morgan fingerprint density at radius 1 is 1.00 bits per heavy atom. The van der Waals surface area contributed by atoms with E-state index in [2.05, 4.69) is 51.5 Å². The summed E-state index contributed by atoms with van der Waals surface area (Å²) in [6.07, 6.45) is 3.63. The van der Waals surface area contributed by atoms with Gasteiger partial charge in [-0.2, -0.15) is 0 Å². The molecular formula is C28H30FN3O. The summed E-state index contributed by atoms with van der Waals surface area (Å²) in [5.74, 6) is -0.177. The SMILES string of the molecule is Fc1ccc(C([C@@H]2CO2)N2CNCC23CCN(C2Cc4cccc5cccc2c45)CC3)cc1. The number of hydrogen-bond donors (Lipinski definition) is 1. The van der Waals surface area contributed by atoms with Crippen molar-refractivity contribution in [1.29, 1.82) is 0 Å². The summed E-state index contributed by atoms with van der Waals surface area (Å²) in [5, 5.41) is 6.53. The second kappa shape index (κ2) is 7.60. The van der Waals surface area contributed by atoms with Gasteiger partial charge in [0.15, 0.2) is 0 Å². The van der Waals surface area contributed by atoms with Crippen LogP contribution in [0.4, 0.5) is 4.39 Å². The molecule has 7 rings (SSSR count). The topological polar surface area (TPSA) is 31.0 Å². The van der Waals surface area contributed by atoms with Gasteiger partial charge in [0.25, 0.3) is 0 Å². The van der Waals surface area contributed by atoms with Crippen molar-refractivity contribution in [1.82, 2.24) is 15.1 Å². The summed E-state index contributed by atoms with van der Waals surface area (Å²) in [5.41, 5.74) is 4.32. The molecule has 1 spiro atoms. The largest absolute Gasteiger partial charge is 0.371 e. The van der Waals surface area contributed by atoms with E-state index >= 15 is 0 Å². The zero-order chi connectivity index (χ0) is 22.0. The number of benzene rings is 3. The van der Waals surface area contributed by atoms with Crippen LogP contribution >= 0.6 is 0 Å². The molecule has 170 valence electrons. The van der Waals surface area contributed by atoms with Crippen molar-refractivity contribution < 1.29 is 9.13 Å². The van der Waals surface area contributed by atoms with E-state index in [0.29, 0.717) is 6.04 Å². The summed E-state index contributed by atoms with van der Waals surface area (Å²) in [7, 11) is 0. The first-order valence-corrected chi connectivity index (χ1v) is 12.3. The van der Waals surface area contributed by atoms with Crippen LogP contribution in [0.5, 0.6) is 0 Å². The third kappa shape index (κ3) is 3.25. The average molecular weight is 444 g/mol. The van der Waals surface area contributed by atoms with Gasteiger partial charge in [-0.05, 0) is 58.9 Å². The standard InChI is InChI=1S/C28H30FN3O/c29-22-9-7-20(8-10-22)27(25-16-33-25)32-18-30-17-28(32)11-13-31(14-12-28)24-15-21-5-1-3-19-4-2-6-23(24)26(19)21/h1-10,24-25,27,30H,11-18H2/t24?,25-,27?/m0/s1. The van der Waals surface area contributed by atoms with Gasteiger partial charge < -0.3 is 10.1 Å². The van der Waals surface area contributed by atoms with E-state index in [4.69, 9.17) is 4.74 Å². The van der Waals surface area contributed by atoms with Crippen LogP contribution in [0, 0.1) is 5.82 Å². The van der Waals surface area contributed by atoms with E-state index in [1.165, 1.54) is 27.5 Å². The third-order valence-electron chi connectivity index (χ3n) is 8.57. The highest BCUT2D eigenvalue weighted by atomic mass is 19.1. The van der Waals surface area contributed by atoms with Crippen molar-refractivity contribution in [3.8, 4) is 0 Å². The molecule has 0 saturated carbocycles. The molecule has 0 aromatic heterocycles. The van der Waals surface area contributed by atoms with Crippen molar-refractivity contribution in [3.05, 3.63) is 83.2 Å². The van der Waals surface area contributed by atoms with Gasteiger partial charge in [-0.15, -0.1) is 0 Å². The maximum absolute atomic E-state index is 13.6. The van der Waals surface area contributed by atoms with Crippen LogP contribution in [0.3, 0.4) is 0 Å². The molecule has 33 heavy (non-hydrogen) atoms. The fraction of sp³-hybridized carbons (Fsp3) is 0.429. The van der Waals surface area contributed by atoms with Crippen molar-refractivity contribution in [2.24, 2.45) is 0 Å². The highest BCUT2D eigenvalue weighted by molar-refractivity contribution is 5.91. The lowest BCUT2D eigenvalue weighted by Gasteiger charge is -2.48. The number of halogens is 1. The van der Waals surface area contributed by atoms with Gasteiger partial charge >= 0.3 is 0 Å². The molecule has 3 heterocycles. The lowest BCUT2D eigenvalue weighted by molar-refractivity contribution is 0.00925. The minimum atomic E-state index is -0.177. The highest BCUT2D eigenvalue weighted by Crippen LogP contribution is 2.46. The second-order valence-corrected chi connectivity index (χ2v) is 10.3. The molecule has 4 nitrogen and oxygen atoms in total. The van der Waals surface area contributed by atoms with E-state index < -0.39 is 0 Å². The minimum Gasteiger partial charge on any atom is -0.371 e. The molecule has 3 atom stereocenters. The lowest BCUT2D eigenvalue weighted by Crippen LogP contribution is -2.55. The maximum Gasteiger partial charge on any atom is 0.123 e. The molecule has 4 aliphatic rings. The van der Waals surface area contributed by atoms with Crippen molar-refractivity contribution >= 4 is 10.8 Å². The molecule has 3 saturated heterocycles. The van der Waals surface area contributed by atoms with Crippen LogP contribution in [-0.4, -0.2) is 54.4 Å². The van der Waals surface area contributed by atoms with Crippen LogP contribution < -0.4 is 5.32 Å². The summed E-state index contributed by atoms with van der Waals surface area (Å²) in [6.45, 7) is 4.90. The molecular weight excluding hydrogens is 413 g/mol. The van der Waals surface area contributed by atoms with Crippen LogP contribution in [0.1, 0.15) is 41.6 Å². The zero-order valence-electron chi connectivity index (χ0n) is 18.8. The summed E-state index contributed by atoms with van der Waals surface area (Å²) >= 11 is 0. The van der Waals surface area contributed by atoms with E-state index in [9.17, 15) is 4.39 Å². The van der Waals surface area contributed by atoms with E-state index in [0.717, 1.165) is 52.2 Å². The smallest absolute Gasteiger partial charge is 0.123 e. The molecule has 2 unspecified atom stereocenters. The van der Waals surface area contributed by atoms with Crippen molar-refractivity contribution in [2.75, 3.05) is 32.9 Å². The Kier molecular flexibility index (Phi) is 4.63. The number of piperidine rings is 1. The van der Waals surface area contributed by atoms with Crippen LogP contribution in [0.2, 0.25) is 0 Å². The molecule has 0 radical (unpaired) electrons. The van der Waals surface area contributed by atoms with E-state index in [-0.39, 0.29) is 23.5 Å². The average Bonchev–Trinajstić information content (AvgIpc) is 3.50. The number of rotatable bonds is 4. The first kappa shape index (κ1) is 20.1. The summed E-state index contributed by atoms with van der Waals surface area (Å²) < 4.78 is 19.4. The molecule has 3 aliphatic heterocycles. The van der Waals surface area contributed by atoms with Gasteiger partial charge in [-0.25, -0.2) is 4.39 Å². The monoisotopic (exact) mass is 443 g/mol. The summed E-state index contributed by atoms with van der Waals surface area (Å²) in [6, 6.07) is 21.3. The van der Waals surface area contributed by atoms with Crippen LogP contribution in [0.15, 0.2) is 60.7 Å². The number of nitrogens with one attached hydrogen (secondary N) is 1. The quantitative estimate of drug-likeness (QED) is 0.605. The first-order chi connectivity index (χ1) is 16.2. The van der Waals surface area contributed by atoms with Gasteiger partial charge in [-0.3, -0.25) is 9.80 Å². The molecule has 3 aromatic carbocycles. The fourth-order valence-corrected chi connectivity index (χ4v) is 6.82. The molecule has 1 N–H and O–H groups in total. The zero-order valence-corrected chi connectivity index (χ0v) is 18.8. The van der Waals surface area contributed by atoms with Gasteiger partial charge in [0.1, 0.15) is 11.9 Å². The number of nitrogens with zero attached hydrogens (tertiary/aromatic N) is 2. The molecule has 0 amide bonds. The number of epoxide rings is 1. The van der Waals surface area contributed by atoms with E-state index in [1.807, 2.05) is 12.1 Å². The molecule has 1 aliphatic carbocycles. The summed E-state index contributed by atoms with van der Waals surface area (Å²) in [4.78, 5) is 5.36. The molecule has 3 fully saturated rings. The predicted octanol–water partition coefficient (Wildman–Crippen LogP) is 4.41. The second-order valence-electron chi connectivity index (χ2n) is 10.3. The van der Waals surface area contributed by atoms with E-state index in [1.54, 1.807) is 12.1 Å². The van der Waals surface area contributed by atoms with Crippen LogP contribution in [0.25, 0.3) is 10.8 Å². The first-order valence-electron chi connectivity index (χ1n) is 12.3. The normalized spacial score (nSPS) is 27.4. The highest BCUT2D eigenvalue weighted by Gasteiger charge is 2.51. The minimum absolute atomic E-state index is 0.138. The Bertz CT molecular complexity index is 1180. The number of ether oxygens (including phenoxy) is 1. The third-order valence-corrected chi connectivity index (χ3v) is 8.57. The van der Waals surface area contributed by atoms with Crippen molar-refractivity contribution in [2.45, 2.75) is 43.0 Å². The van der Waals surface area contributed by atoms with Gasteiger partial charge in [0.05, 0.1) is 12.6 Å². The van der Waals surface area contributed by atoms with Gasteiger partial charge in [-0.1, -0.05) is 48.5 Å². The Hall–Kier alpha value is -2.31. The van der Waals surface area contributed by atoms with Crippen LogP contribution in [-0.2, 0) is 11.2 Å². The van der Waals surface area contributed by atoms with Crippen molar-refractivity contribution in [3.63, 3.8) is 0 Å².